The van der Waals surface area contributed by atoms with Crippen molar-refractivity contribution in [1.29, 1.82) is 0 Å². The maximum atomic E-state index is 10.8. The second kappa shape index (κ2) is 6.05. The third kappa shape index (κ3) is 3.04. The number of benzene rings is 1. The van der Waals surface area contributed by atoms with E-state index in [2.05, 4.69) is 9.97 Å². The minimum atomic E-state index is -0.873. The number of rotatable bonds is 5. The molecule has 0 saturated heterocycles. The number of fused-ring (bicyclic) bond motifs is 1. The van der Waals surface area contributed by atoms with Crippen LogP contribution in [-0.4, -0.2) is 31.4 Å². The van der Waals surface area contributed by atoms with Crippen molar-refractivity contribution in [1.82, 2.24) is 14.5 Å². The van der Waals surface area contributed by atoms with Gasteiger partial charge >= 0.3 is 5.97 Å². The van der Waals surface area contributed by atoms with Crippen molar-refractivity contribution in [2.45, 2.75) is 11.7 Å². The highest BCUT2D eigenvalue weighted by Crippen LogP contribution is 2.30. The first-order valence-electron chi connectivity index (χ1n) is 6.02. The molecule has 1 N–H and O–H groups in total. The van der Waals surface area contributed by atoms with E-state index >= 15 is 0 Å². The monoisotopic (exact) mass is 339 g/mol. The van der Waals surface area contributed by atoms with Gasteiger partial charge in [-0.3, -0.25) is 9.78 Å². The molecule has 108 valence electrons. The van der Waals surface area contributed by atoms with Crippen LogP contribution in [0.3, 0.4) is 0 Å². The Labute approximate surface area is 133 Å². The molecule has 0 bridgehead atoms. The molecule has 2 aromatic heterocycles. The quantitative estimate of drug-likeness (QED) is 0.722. The number of thiazole rings is 1. The lowest BCUT2D eigenvalue weighted by Gasteiger charge is -2.07. The summed E-state index contributed by atoms with van der Waals surface area (Å²) in [6.45, 7) is 0.576. The summed E-state index contributed by atoms with van der Waals surface area (Å²) in [5.74, 6) is -0.911. The molecule has 2 heterocycles. The number of carboxylic acid groups (broad SMARTS) is 1. The Kier molecular flexibility index (Phi) is 4.14. The summed E-state index contributed by atoms with van der Waals surface area (Å²) < 4.78 is 1.94. The van der Waals surface area contributed by atoms with Gasteiger partial charge in [-0.15, -0.1) is 11.3 Å². The lowest BCUT2D eigenvalue weighted by atomic mass is 10.3. The predicted octanol–water partition coefficient (Wildman–Crippen LogP) is 3.37. The zero-order valence-electron chi connectivity index (χ0n) is 10.7. The van der Waals surface area contributed by atoms with E-state index < -0.39 is 5.97 Å². The molecule has 1 aromatic carbocycles. The Morgan fingerprint density at radius 1 is 1.48 bits per heavy atom. The number of para-hydroxylation sites is 1. The molecule has 0 aliphatic rings. The Morgan fingerprint density at radius 3 is 3.05 bits per heavy atom. The number of aliphatic carboxylic acids is 1. The molecule has 0 unspecified atom stereocenters. The van der Waals surface area contributed by atoms with Crippen molar-refractivity contribution in [2.24, 2.45) is 0 Å². The van der Waals surface area contributed by atoms with Crippen LogP contribution >= 0.6 is 34.7 Å². The van der Waals surface area contributed by atoms with Gasteiger partial charge in [-0.1, -0.05) is 29.4 Å². The summed E-state index contributed by atoms with van der Waals surface area (Å²) in [7, 11) is 0. The van der Waals surface area contributed by atoms with Crippen LogP contribution in [0.5, 0.6) is 0 Å². The number of carbonyl (C=O) groups is 1. The Hall–Kier alpha value is -1.57. The molecule has 0 spiro atoms. The van der Waals surface area contributed by atoms with Gasteiger partial charge in [0.2, 0.25) is 0 Å². The first-order chi connectivity index (χ1) is 10.1. The SMILES string of the molecule is O=C(O)CSc1nc2cccc(Cl)c2n1Cc1cncs1. The van der Waals surface area contributed by atoms with Crippen LogP contribution in [0.25, 0.3) is 11.0 Å². The molecule has 0 saturated carbocycles. The van der Waals surface area contributed by atoms with Crippen LogP contribution in [0.15, 0.2) is 35.1 Å². The van der Waals surface area contributed by atoms with Gasteiger partial charge in [0, 0.05) is 11.1 Å². The third-order valence-corrected chi connectivity index (χ3v) is 4.84. The number of carboxylic acids is 1. The first-order valence-corrected chi connectivity index (χ1v) is 8.26. The molecule has 3 aromatic rings. The summed E-state index contributed by atoms with van der Waals surface area (Å²) in [6, 6.07) is 5.51. The Balaban J connectivity index is 2.07. The second-order valence-corrected chi connectivity index (χ2v) is 6.56. The van der Waals surface area contributed by atoms with Gasteiger partial charge in [0.05, 0.1) is 33.9 Å². The minimum absolute atomic E-state index is 0.0381. The molecule has 3 rings (SSSR count). The summed E-state index contributed by atoms with van der Waals surface area (Å²) in [5, 5.41) is 10.1. The number of nitrogens with zero attached hydrogens (tertiary/aromatic N) is 3. The number of hydrogen-bond donors (Lipinski definition) is 1. The van der Waals surface area contributed by atoms with Gasteiger partial charge in [-0.2, -0.15) is 0 Å². The topological polar surface area (TPSA) is 68.0 Å². The number of halogens is 1. The van der Waals surface area contributed by atoms with E-state index in [0.29, 0.717) is 16.7 Å². The van der Waals surface area contributed by atoms with E-state index in [4.69, 9.17) is 16.7 Å². The van der Waals surface area contributed by atoms with Crippen LogP contribution in [0.2, 0.25) is 5.02 Å². The number of thioether (sulfide) groups is 1. The van der Waals surface area contributed by atoms with Crippen molar-refractivity contribution in [3.63, 3.8) is 0 Å². The van der Waals surface area contributed by atoms with Crippen LogP contribution in [0.4, 0.5) is 0 Å². The molecule has 21 heavy (non-hydrogen) atoms. The molecule has 0 aliphatic carbocycles. The summed E-state index contributed by atoms with van der Waals surface area (Å²) in [6.07, 6.45) is 1.79. The molecular formula is C13H10ClN3O2S2. The maximum absolute atomic E-state index is 10.8. The summed E-state index contributed by atoms with van der Waals surface area (Å²) >= 11 is 9.01. The largest absolute Gasteiger partial charge is 0.481 e. The highest BCUT2D eigenvalue weighted by atomic mass is 35.5. The van der Waals surface area contributed by atoms with E-state index in [0.717, 1.165) is 15.9 Å². The maximum Gasteiger partial charge on any atom is 0.313 e. The standard InChI is InChI=1S/C13H10ClN3O2S2/c14-9-2-1-3-10-12(9)17(5-8-4-15-7-21-8)13(16-10)20-6-11(18)19/h1-4,7H,5-6H2,(H,18,19). The third-order valence-electron chi connectivity index (χ3n) is 2.80. The lowest BCUT2D eigenvalue weighted by molar-refractivity contribution is -0.133. The Bertz CT molecular complexity index is 786. The zero-order chi connectivity index (χ0) is 14.8. The highest BCUT2D eigenvalue weighted by molar-refractivity contribution is 7.99. The highest BCUT2D eigenvalue weighted by Gasteiger charge is 2.15. The fourth-order valence-electron chi connectivity index (χ4n) is 1.98. The van der Waals surface area contributed by atoms with E-state index in [1.165, 1.54) is 11.8 Å². The molecule has 0 atom stereocenters. The smallest absolute Gasteiger partial charge is 0.313 e. The van der Waals surface area contributed by atoms with E-state index in [9.17, 15) is 4.79 Å². The summed E-state index contributed by atoms with van der Waals surface area (Å²) in [4.78, 5) is 20.4. The molecule has 0 radical (unpaired) electrons. The lowest BCUT2D eigenvalue weighted by Crippen LogP contribution is -2.04. The average molecular weight is 340 g/mol. The van der Waals surface area contributed by atoms with Gasteiger partial charge in [-0.25, -0.2) is 4.98 Å². The van der Waals surface area contributed by atoms with Crippen molar-refractivity contribution >= 4 is 51.7 Å². The fraction of sp³-hybridized carbons (Fsp3) is 0.154. The molecule has 5 nitrogen and oxygen atoms in total. The average Bonchev–Trinajstić information content (AvgIpc) is 3.06. The number of aromatic nitrogens is 3. The van der Waals surface area contributed by atoms with Gasteiger partial charge in [-0.05, 0) is 12.1 Å². The fourth-order valence-corrected chi connectivity index (χ4v) is 3.56. The van der Waals surface area contributed by atoms with Crippen LogP contribution < -0.4 is 0 Å². The van der Waals surface area contributed by atoms with Gasteiger partial charge < -0.3 is 9.67 Å². The molecular weight excluding hydrogens is 330 g/mol. The van der Waals surface area contributed by atoms with Crippen molar-refractivity contribution < 1.29 is 9.90 Å². The van der Waals surface area contributed by atoms with Gasteiger partial charge in [0.1, 0.15) is 0 Å². The first kappa shape index (κ1) is 14.4. The Morgan fingerprint density at radius 2 is 2.33 bits per heavy atom. The van der Waals surface area contributed by atoms with Gasteiger partial charge in [0.25, 0.3) is 0 Å². The zero-order valence-corrected chi connectivity index (χ0v) is 13.1. The van der Waals surface area contributed by atoms with E-state index in [1.807, 2.05) is 16.7 Å². The molecule has 0 aliphatic heterocycles. The minimum Gasteiger partial charge on any atom is -0.481 e. The normalized spacial score (nSPS) is 11.1. The van der Waals surface area contributed by atoms with Crippen LogP contribution in [0, 0.1) is 0 Å². The van der Waals surface area contributed by atoms with Crippen LogP contribution in [-0.2, 0) is 11.3 Å². The van der Waals surface area contributed by atoms with Crippen molar-refractivity contribution in [2.75, 3.05) is 5.75 Å². The molecule has 0 fully saturated rings. The van der Waals surface area contributed by atoms with Crippen molar-refractivity contribution in [3.8, 4) is 0 Å². The van der Waals surface area contributed by atoms with Gasteiger partial charge in [0.15, 0.2) is 5.16 Å². The molecule has 8 heteroatoms. The van der Waals surface area contributed by atoms with E-state index in [-0.39, 0.29) is 5.75 Å². The predicted molar refractivity (Wildman–Crippen MR) is 84.3 cm³/mol. The number of hydrogen-bond acceptors (Lipinski definition) is 5. The van der Waals surface area contributed by atoms with E-state index in [1.54, 1.807) is 29.1 Å². The number of imidazole rings is 1. The summed E-state index contributed by atoms with van der Waals surface area (Å²) in [5.41, 5.74) is 3.35. The van der Waals surface area contributed by atoms with Crippen LogP contribution in [0.1, 0.15) is 4.88 Å². The van der Waals surface area contributed by atoms with Crippen molar-refractivity contribution in [3.05, 3.63) is 39.8 Å². The molecule has 0 amide bonds. The second-order valence-electron chi connectivity index (χ2n) is 4.24.